The summed E-state index contributed by atoms with van der Waals surface area (Å²) < 4.78 is 6.33. The molecule has 106 valence electrons. The molecule has 2 N–H and O–H groups in total. The molecule has 0 spiro atoms. The number of nitrogens with two attached hydrogens (primary N) is 1. The van der Waals surface area contributed by atoms with Crippen LogP contribution in [0.2, 0.25) is 0 Å². The van der Waals surface area contributed by atoms with Gasteiger partial charge in [0.1, 0.15) is 5.82 Å². The van der Waals surface area contributed by atoms with E-state index in [1.165, 1.54) is 13.3 Å². The Hall–Kier alpha value is -2.44. The predicted molar refractivity (Wildman–Crippen MR) is 73.7 cm³/mol. The van der Waals surface area contributed by atoms with Crippen LogP contribution in [0, 0.1) is 0 Å². The van der Waals surface area contributed by atoms with Gasteiger partial charge in [0.25, 0.3) is 0 Å². The number of pyridine rings is 1. The van der Waals surface area contributed by atoms with E-state index in [1.807, 2.05) is 13.8 Å². The van der Waals surface area contributed by atoms with Crippen molar-refractivity contribution in [2.45, 2.75) is 26.7 Å². The minimum absolute atomic E-state index is 0.271. The molecule has 0 aliphatic rings. The van der Waals surface area contributed by atoms with Gasteiger partial charge in [0.2, 0.25) is 0 Å². The number of anilines is 1. The van der Waals surface area contributed by atoms with Crippen LogP contribution >= 0.6 is 0 Å². The number of aromatic nitrogens is 4. The summed E-state index contributed by atoms with van der Waals surface area (Å²) in [6.07, 6.45) is 2.87. The molecule has 0 atom stereocenters. The zero-order valence-corrected chi connectivity index (χ0v) is 11.8. The molecular weight excluding hydrogens is 258 g/mol. The molecule has 0 aliphatic heterocycles. The van der Waals surface area contributed by atoms with Crippen LogP contribution in [0.4, 0.5) is 5.69 Å². The van der Waals surface area contributed by atoms with E-state index in [0.717, 1.165) is 18.1 Å². The van der Waals surface area contributed by atoms with Gasteiger partial charge in [0.15, 0.2) is 11.6 Å². The Bertz CT molecular complexity index is 636. The first-order valence-electron chi connectivity index (χ1n) is 6.39. The topological polar surface area (TPSA) is 95.9 Å². The summed E-state index contributed by atoms with van der Waals surface area (Å²) in [5, 5.41) is 4.38. The van der Waals surface area contributed by atoms with Crippen molar-refractivity contribution in [3.05, 3.63) is 29.5 Å². The van der Waals surface area contributed by atoms with Gasteiger partial charge in [-0.3, -0.25) is 0 Å². The standard InChI is InChI=1S/C13H17N5O2/c1-4-10-16-11(5-2)18(17-10)12-6-8(13(19)20-3)9(14)7-15-12/h6-7H,4-5,14H2,1-3H3. The molecule has 20 heavy (non-hydrogen) atoms. The quantitative estimate of drug-likeness (QED) is 0.841. The predicted octanol–water partition coefficient (Wildman–Crippen LogP) is 1.16. The molecule has 2 aromatic heterocycles. The summed E-state index contributed by atoms with van der Waals surface area (Å²) in [7, 11) is 1.31. The number of esters is 1. The van der Waals surface area contributed by atoms with Crippen molar-refractivity contribution in [1.82, 2.24) is 19.7 Å². The fraction of sp³-hybridized carbons (Fsp3) is 0.385. The fourth-order valence-electron chi connectivity index (χ4n) is 1.81. The van der Waals surface area contributed by atoms with Crippen molar-refractivity contribution < 1.29 is 9.53 Å². The Balaban J connectivity index is 2.53. The average molecular weight is 275 g/mol. The largest absolute Gasteiger partial charge is 0.465 e. The lowest BCUT2D eigenvalue weighted by Crippen LogP contribution is -2.10. The monoisotopic (exact) mass is 275 g/mol. The minimum atomic E-state index is -0.500. The normalized spacial score (nSPS) is 10.6. The van der Waals surface area contributed by atoms with Crippen LogP contribution in [-0.4, -0.2) is 32.8 Å². The molecule has 0 fully saturated rings. The maximum atomic E-state index is 11.7. The van der Waals surface area contributed by atoms with Gasteiger partial charge in [0.05, 0.1) is 24.6 Å². The molecule has 0 radical (unpaired) electrons. The molecule has 2 rings (SSSR count). The number of hydrogen-bond donors (Lipinski definition) is 1. The molecule has 7 heteroatoms. The number of carbonyl (C=O) groups excluding carboxylic acids is 1. The first-order valence-corrected chi connectivity index (χ1v) is 6.39. The van der Waals surface area contributed by atoms with Crippen LogP contribution in [0.15, 0.2) is 12.3 Å². The zero-order valence-electron chi connectivity index (χ0n) is 11.8. The highest BCUT2D eigenvalue weighted by atomic mass is 16.5. The van der Waals surface area contributed by atoms with Crippen LogP contribution in [0.1, 0.15) is 35.9 Å². The lowest BCUT2D eigenvalue weighted by Gasteiger charge is -2.07. The second-order valence-electron chi connectivity index (χ2n) is 4.18. The van der Waals surface area contributed by atoms with Gasteiger partial charge in [-0.1, -0.05) is 13.8 Å². The summed E-state index contributed by atoms with van der Waals surface area (Å²) in [5.74, 6) is 1.53. The van der Waals surface area contributed by atoms with Gasteiger partial charge in [-0.25, -0.2) is 14.8 Å². The molecule has 2 aromatic rings. The second kappa shape index (κ2) is 5.68. The Morgan fingerprint density at radius 2 is 2.15 bits per heavy atom. The maximum Gasteiger partial charge on any atom is 0.340 e. The second-order valence-corrected chi connectivity index (χ2v) is 4.18. The highest BCUT2D eigenvalue weighted by molar-refractivity contribution is 5.95. The van der Waals surface area contributed by atoms with Crippen LogP contribution in [0.5, 0.6) is 0 Å². The number of aryl methyl sites for hydroxylation is 2. The number of methoxy groups -OCH3 is 1. The summed E-state index contributed by atoms with van der Waals surface area (Å²) >= 11 is 0. The fourth-order valence-corrected chi connectivity index (χ4v) is 1.81. The Morgan fingerprint density at radius 1 is 1.40 bits per heavy atom. The Labute approximate surface area is 116 Å². The zero-order chi connectivity index (χ0) is 14.7. The van der Waals surface area contributed by atoms with E-state index < -0.39 is 5.97 Å². The van der Waals surface area contributed by atoms with Crippen molar-refractivity contribution in [3.8, 4) is 5.82 Å². The highest BCUT2D eigenvalue weighted by Crippen LogP contribution is 2.16. The van der Waals surface area contributed by atoms with E-state index in [0.29, 0.717) is 12.2 Å². The van der Waals surface area contributed by atoms with E-state index >= 15 is 0 Å². The van der Waals surface area contributed by atoms with Crippen molar-refractivity contribution in [2.75, 3.05) is 12.8 Å². The molecule has 0 bridgehead atoms. The first-order chi connectivity index (χ1) is 9.60. The summed E-state index contributed by atoms with van der Waals surface area (Å²) in [4.78, 5) is 20.3. The lowest BCUT2D eigenvalue weighted by molar-refractivity contribution is 0.0602. The summed E-state index contributed by atoms with van der Waals surface area (Å²) in [6.45, 7) is 3.97. The smallest absolute Gasteiger partial charge is 0.340 e. The highest BCUT2D eigenvalue weighted by Gasteiger charge is 2.15. The lowest BCUT2D eigenvalue weighted by atomic mass is 10.2. The van der Waals surface area contributed by atoms with E-state index in [9.17, 15) is 4.79 Å². The van der Waals surface area contributed by atoms with Crippen LogP contribution in [0.3, 0.4) is 0 Å². The van der Waals surface area contributed by atoms with Crippen LogP contribution < -0.4 is 5.73 Å². The maximum absolute atomic E-state index is 11.7. The molecule has 0 aliphatic carbocycles. The van der Waals surface area contributed by atoms with Crippen molar-refractivity contribution in [1.29, 1.82) is 0 Å². The number of ether oxygens (including phenoxy) is 1. The van der Waals surface area contributed by atoms with E-state index in [-0.39, 0.29) is 11.3 Å². The SMILES string of the molecule is CCc1nc(CC)n(-c2cc(C(=O)OC)c(N)cn2)n1. The third-order valence-electron chi connectivity index (χ3n) is 2.89. The molecule has 2 heterocycles. The minimum Gasteiger partial charge on any atom is -0.465 e. The molecular formula is C13H17N5O2. The third kappa shape index (κ3) is 2.47. The molecule has 0 unspecified atom stereocenters. The van der Waals surface area contributed by atoms with Gasteiger partial charge < -0.3 is 10.5 Å². The van der Waals surface area contributed by atoms with Crippen LogP contribution in [-0.2, 0) is 17.6 Å². The van der Waals surface area contributed by atoms with E-state index in [4.69, 9.17) is 10.5 Å². The first kappa shape index (κ1) is 14.0. The number of nitrogen functional groups attached to an aromatic ring is 1. The van der Waals surface area contributed by atoms with Gasteiger partial charge in [-0.15, -0.1) is 5.10 Å². The van der Waals surface area contributed by atoms with Crippen molar-refractivity contribution >= 4 is 11.7 Å². The van der Waals surface area contributed by atoms with Gasteiger partial charge >= 0.3 is 5.97 Å². The number of carbonyl (C=O) groups is 1. The number of rotatable bonds is 4. The molecule has 0 aromatic carbocycles. The van der Waals surface area contributed by atoms with E-state index in [2.05, 4.69) is 15.1 Å². The molecule has 7 nitrogen and oxygen atoms in total. The van der Waals surface area contributed by atoms with E-state index in [1.54, 1.807) is 10.7 Å². The van der Waals surface area contributed by atoms with Gasteiger partial charge in [-0.05, 0) is 6.07 Å². The van der Waals surface area contributed by atoms with Crippen LogP contribution in [0.25, 0.3) is 5.82 Å². The van der Waals surface area contributed by atoms with Gasteiger partial charge in [-0.2, -0.15) is 4.68 Å². The van der Waals surface area contributed by atoms with Gasteiger partial charge in [0, 0.05) is 12.8 Å². The summed E-state index contributed by atoms with van der Waals surface area (Å²) in [6, 6.07) is 1.56. The number of hydrogen-bond acceptors (Lipinski definition) is 6. The molecule has 0 saturated carbocycles. The van der Waals surface area contributed by atoms with Crippen molar-refractivity contribution in [2.24, 2.45) is 0 Å². The van der Waals surface area contributed by atoms with Crippen molar-refractivity contribution in [3.63, 3.8) is 0 Å². The molecule has 0 saturated heterocycles. The number of nitrogens with zero attached hydrogens (tertiary/aromatic N) is 4. The summed E-state index contributed by atoms with van der Waals surface area (Å²) in [5.41, 5.74) is 6.28. The molecule has 0 amide bonds. The average Bonchev–Trinajstić information content (AvgIpc) is 2.90. The Kier molecular flexibility index (Phi) is 3.97. The Morgan fingerprint density at radius 3 is 2.75 bits per heavy atom. The third-order valence-corrected chi connectivity index (χ3v) is 2.89.